The molecule has 10 rings (SSSR count). The highest BCUT2D eigenvalue weighted by Crippen LogP contribution is 2.27. The maximum Gasteiger partial charge on any atom is 0.215 e. The Morgan fingerprint density at radius 1 is 0.325 bits per heavy atom. The standard InChI is InChI=1S/3C16H20N.2C15H18N/c1-12(2)14-9-10-17(4)16(11-14)15-8-6-5-7-13(15)3;1-12(2)14-9-10-16(17(4)11-14)15-8-6-5-7-13(15)3;1-5-14-11-10-13(3)17(4)16(14)15-9-7-6-8-12(15)2;1-4-13-9-10-16(3)15(11-13)14-8-6-5-7-12(14)2;1-4-13-9-10-15(16(3)11-13)14-8-6-5-7-12(14)2/h2*5-12H,1-4H3;6-11H,5H2,1-4H3;2*5-11H,4H2,1-3H3/q5*+1. The quantitative estimate of drug-likeness (QED) is 0.122. The second kappa shape index (κ2) is 30.8. The number of hydrogen-bond acceptors (Lipinski definition) is 0. The van der Waals surface area contributed by atoms with E-state index in [1.807, 2.05) is 0 Å². The molecule has 5 aromatic heterocycles. The molecular formula is C78H96N5+5. The summed E-state index contributed by atoms with van der Waals surface area (Å²) in [4.78, 5) is 0. The van der Waals surface area contributed by atoms with Gasteiger partial charge in [-0.05, 0) is 153 Å². The molecule has 0 aliphatic rings. The molecule has 5 aromatic carbocycles. The van der Waals surface area contributed by atoms with Crippen LogP contribution in [0.3, 0.4) is 0 Å². The summed E-state index contributed by atoms with van der Waals surface area (Å²) in [5, 5.41) is 0. The van der Waals surface area contributed by atoms with Crippen molar-refractivity contribution in [2.75, 3.05) is 0 Å². The Bertz CT molecular complexity index is 3730. The maximum absolute atomic E-state index is 2.30. The van der Waals surface area contributed by atoms with Crippen LogP contribution in [0.15, 0.2) is 207 Å². The molecule has 0 spiro atoms. The van der Waals surface area contributed by atoms with E-state index < -0.39 is 0 Å². The third-order valence-corrected chi connectivity index (χ3v) is 16.0. The van der Waals surface area contributed by atoms with Crippen molar-refractivity contribution in [3.63, 3.8) is 0 Å². The van der Waals surface area contributed by atoms with E-state index in [2.05, 4.69) is 355 Å². The zero-order valence-electron chi connectivity index (χ0n) is 53.6. The van der Waals surface area contributed by atoms with Crippen LogP contribution in [0.2, 0.25) is 0 Å². The first-order chi connectivity index (χ1) is 39.8. The normalized spacial score (nSPS) is 10.7. The Morgan fingerprint density at radius 3 is 1.13 bits per heavy atom. The van der Waals surface area contributed by atoms with Crippen LogP contribution in [0.1, 0.15) is 122 Å². The van der Waals surface area contributed by atoms with E-state index in [4.69, 9.17) is 0 Å². The Kier molecular flexibility index (Phi) is 23.7. The molecular weight excluding hydrogens is 1010 g/mol. The highest BCUT2D eigenvalue weighted by atomic mass is 15.0. The van der Waals surface area contributed by atoms with Crippen molar-refractivity contribution in [2.24, 2.45) is 35.2 Å². The van der Waals surface area contributed by atoms with Crippen LogP contribution in [-0.4, -0.2) is 0 Å². The lowest BCUT2D eigenvalue weighted by atomic mass is 9.99. The minimum atomic E-state index is 0.568. The van der Waals surface area contributed by atoms with Crippen LogP contribution in [-0.2, 0) is 54.5 Å². The van der Waals surface area contributed by atoms with Crippen molar-refractivity contribution in [3.05, 3.63) is 268 Å². The zero-order chi connectivity index (χ0) is 60.3. The van der Waals surface area contributed by atoms with Gasteiger partial charge in [-0.1, -0.05) is 139 Å². The number of nitrogens with zero attached hydrogens (tertiary/aromatic N) is 5. The van der Waals surface area contributed by atoms with E-state index in [1.54, 1.807) is 0 Å². The smallest absolute Gasteiger partial charge is 0.201 e. The molecule has 0 radical (unpaired) electrons. The highest BCUT2D eigenvalue weighted by Gasteiger charge is 2.20. The molecule has 0 unspecified atom stereocenters. The predicted octanol–water partition coefficient (Wildman–Crippen LogP) is 16.7. The molecule has 0 amide bonds. The fraction of sp³-hybridized carbons (Fsp3) is 0.295. The minimum absolute atomic E-state index is 0.568. The number of pyridine rings is 5. The van der Waals surface area contributed by atoms with Crippen LogP contribution in [0.25, 0.3) is 56.3 Å². The van der Waals surface area contributed by atoms with Gasteiger partial charge in [-0.25, -0.2) is 18.3 Å². The van der Waals surface area contributed by atoms with E-state index >= 15 is 0 Å². The summed E-state index contributed by atoms with van der Waals surface area (Å²) in [5.74, 6) is 1.14. The van der Waals surface area contributed by atoms with Gasteiger partial charge < -0.3 is 0 Å². The van der Waals surface area contributed by atoms with Crippen molar-refractivity contribution in [1.29, 1.82) is 0 Å². The maximum atomic E-state index is 2.30. The summed E-state index contributed by atoms with van der Waals surface area (Å²) >= 11 is 0. The number of hydrogen-bond donors (Lipinski definition) is 0. The lowest BCUT2D eigenvalue weighted by Crippen LogP contribution is -2.35. The van der Waals surface area contributed by atoms with E-state index in [1.165, 1.54) is 118 Å². The third kappa shape index (κ3) is 17.0. The van der Waals surface area contributed by atoms with Crippen LogP contribution in [0, 0.1) is 41.5 Å². The summed E-state index contributed by atoms with van der Waals surface area (Å²) in [6, 6.07) is 65.0. The first-order valence-electron chi connectivity index (χ1n) is 30.0. The second-order valence-corrected chi connectivity index (χ2v) is 22.8. The van der Waals surface area contributed by atoms with Crippen molar-refractivity contribution >= 4 is 0 Å². The van der Waals surface area contributed by atoms with Crippen LogP contribution in [0.4, 0.5) is 0 Å². The van der Waals surface area contributed by atoms with E-state index in [9.17, 15) is 0 Å². The van der Waals surface area contributed by atoms with Gasteiger partial charge in [0.2, 0.25) is 28.5 Å². The molecule has 5 nitrogen and oxygen atoms in total. The lowest BCUT2D eigenvalue weighted by Gasteiger charge is -2.09. The first kappa shape index (κ1) is 64.0. The first-order valence-corrected chi connectivity index (χ1v) is 30.0. The SMILES string of the molecule is CCc1cc[n+](C)c(-c2ccccc2C)c1.CCc1ccc(-c2ccccc2C)[n+](C)c1.CCc1ccc(C)[n+](C)c1-c1ccccc1C.Cc1ccccc1-c1cc(C(C)C)cc[n+]1C.Cc1ccccc1-c1ccc(C(C)C)c[n+]1C. The molecule has 83 heavy (non-hydrogen) atoms. The molecule has 0 N–H and O–H groups in total. The average molecular weight is 1100 g/mol. The molecule has 0 saturated heterocycles. The Morgan fingerprint density at radius 2 is 0.723 bits per heavy atom. The topological polar surface area (TPSA) is 19.4 Å². The van der Waals surface area contributed by atoms with Gasteiger partial charge >= 0.3 is 0 Å². The molecule has 0 aliphatic carbocycles. The van der Waals surface area contributed by atoms with Crippen molar-refractivity contribution in [1.82, 2.24) is 0 Å². The van der Waals surface area contributed by atoms with Gasteiger partial charge in [0.15, 0.2) is 30.5 Å². The van der Waals surface area contributed by atoms with Gasteiger partial charge in [0.25, 0.3) is 0 Å². The summed E-state index contributed by atoms with van der Waals surface area (Å²) in [6.45, 7) is 28.5. The van der Waals surface area contributed by atoms with Gasteiger partial charge in [0.05, 0.1) is 0 Å². The lowest BCUT2D eigenvalue weighted by molar-refractivity contribution is -0.667. The average Bonchev–Trinajstić information content (AvgIpc) is 3.69. The van der Waals surface area contributed by atoms with Crippen LogP contribution >= 0.6 is 0 Å². The summed E-state index contributed by atoms with van der Waals surface area (Å²) in [7, 11) is 10.6. The van der Waals surface area contributed by atoms with Gasteiger partial charge in [0, 0.05) is 93.9 Å². The predicted molar refractivity (Wildman–Crippen MR) is 350 cm³/mol. The van der Waals surface area contributed by atoms with Gasteiger partial charge in [-0.2, -0.15) is 4.57 Å². The fourth-order valence-electron chi connectivity index (χ4n) is 10.4. The molecule has 428 valence electrons. The Balaban J connectivity index is 0.000000167. The molecule has 0 fully saturated rings. The molecule has 0 aliphatic heterocycles. The van der Waals surface area contributed by atoms with E-state index in [-0.39, 0.29) is 0 Å². The molecule has 0 saturated carbocycles. The molecule has 0 bridgehead atoms. The fourth-order valence-corrected chi connectivity index (χ4v) is 10.4. The van der Waals surface area contributed by atoms with Crippen LogP contribution < -0.4 is 22.8 Å². The monoisotopic (exact) mass is 1100 g/mol. The number of benzene rings is 5. The van der Waals surface area contributed by atoms with Crippen LogP contribution in [0.5, 0.6) is 0 Å². The summed E-state index contributed by atoms with van der Waals surface area (Å²) in [6.07, 6.45) is 12.0. The molecule has 5 heterocycles. The van der Waals surface area contributed by atoms with E-state index in [0.717, 1.165) is 19.3 Å². The van der Waals surface area contributed by atoms with Gasteiger partial charge in [-0.15, -0.1) is 0 Å². The summed E-state index contributed by atoms with van der Waals surface area (Å²) < 4.78 is 11.1. The van der Waals surface area contributed by atoms with Gasteiger partial charge in [-0.3, -0.25) is 0 Å². The van der Waals surface area contributed by atoms with Crippen molar-refractivity contribution in [3.8, 4) is 56.3 Å². The molecule has 10 aromatic rings. The van der Waals surface area contributed by atoms with Crippen molar-refractivity contribution < 1.29 is 22.8 Å². The number of aromatic nitrogens is 5. The third-order valence-electron chi connectivity index (χ3n) is 16.0. The highest BCUT2D eigenvalue weighted by molar-refractivity contribution is 5.65. The number of rotatable bonds is 10. The second-order valence-electron chi connectivity index (χ2n) is 22.8. The largest absolute Gasteiger partial charge is 0.215 e. The van der Waals surface area contributed by atoms with E-state index in [0.29, 0.717) is 11.8 Å². The Hall–Kier alpha value is -8.15. The zero-order valence-corrected chi connectivity index (χ0v) is 53.6. The Labute approximate surface area is 501 Å². The minimum Gasteiger partial charge on any atom is -0.201 e. The molecule has 0 atom stereocenters. The summed E-state index contributed by atoms with van der Waals surface area (Å²) in [5.41, 5.74) is 27.9. The number of aryl methyl sites for hydroxylation is 13. The molecule has 5 heteroatoms. The van der Waals surface area contributed by atoms with Crippen molar-refractivity contribution in [2.45, 2.75) is 121 Å². The van der Waals surface area contributed by atoms with Gasteiger partial charge in [0.1, 0.15) is 35.2 Å².